The van der Waals surface area contributed by atoms with Crippen LogP contribution in [-0.4, -0.2) is 5.11 Å². The Bertz CT molecular complexity index is 334. The molecule has 0 heterocycles. The smallest absolute Gasteiger partial charge is 0.123 e. The summed E-state index contributed by atoms with van der Waals surface area (Å²) in [6.45, 7) is 5.17. The highest BCUT2D eigenvalue weighted by Crippen LogP contribution is 2.28. The molecule has 1 aromatic rings. The highest BCUT2D eigenvalue weighted by molar-refractivity contribution is 5.40. The van der Waals surface area contributed by atoms with Crippen LogP contribution in [-0.2, 0) is 5.54 Å². The van der Waals surface area contributed by atoms with E-state index in [1.807, 2.05) is 0 Å². The Hall–Kier alpha value is -1.35. The highest BCUT2D eigenvalue weighted by Gasteiger charge is 2.20. The molecule has 0 aliphatic rings. The van der Waals surface area contributed by atoms with Crippen LogP contribution in [0.1, 0.15) is 12.5 Å². The fraction of sp³-hybridized carbons (Fsp3) is 0.200. The molecule has 1 aromatic carbocycles. The average Bonchev–Trinajstić information content (AvgIpc) is 2.09. The molecular weight excluding hydrogens is 169 g/mol. The van der Waals surface area contributed by atoms with Gasteiger partial charge in [0.25, 0.3) is 0 Å². The Morgan fingerprint density at radius 1 is 1.62 bits per heavy atom. The van der Waals surface area contributed by atoms with Gasteiger partial charge in [-0.1, -0.05) is 6.08 Å². The van der Waals surface area contributed by atoms with Gasteiger partial charge in [-0.15, -0.1) is 6.58 Å². The summed E-state index contributed by atoms with van der Waals surface area (Å²) in [5.41, 5.74) is 5.19. The molecule has 1 atom stereocenters. The quantitative estimate of drug-likeness (QED) is 0.684. The first-order valence-electron chi connectivity index (χ1n) is 3.89. The van der Waals surface area contributed by atoms with E-state index < -0.39 is 11.4 Å². The van der Waals surface area contributed by atoms with Gasteiger partial charge in [-0.05, 0) is 25.1 Å². The second-order valence-electron chi connectivity index (χ2n) is 3.15. The topological polar surface area (TPSA) is 46.2 Å². The lowest BCUT2D eigenvalue weighted by molar-refractivity contribution is 0.448. The molecule has 0 amide bonds. The molecule has 13 heavy (non-hydrogen) atoms. The number of rotatable bonds is 2. The Labute approximate surface area is 76.5 Å². The molecule has 0 unspecified atom stereocenters. The summed E-state index contributed by atoms with van der Waals surface area (Å²) >= 11 is 0. The van der Waals surface area contributed by atoms with E-state index in [4.69, 9.17) is 5.73 Å². The van der Waals surface area contributed by atoms with E-state index in [1.165, 1.54) is 24.3 Å². The molecule has 0 aromatic heterocycles. The van der Waals surface area contributed by atoms with Crippen LogP contribution >= 0.6 is 0 Å². The largest absolute Gasteiger partial charge is 0.508 e. The minimum Gasteiger partial charge on any atom is -0.508 e. The minimum atomic E-state index is -0.911. The number of nitrogens with two attached hydrogens (primary N) is 1. The SMILES string of the molecule is C=C[C@@](C)(N)c1cc(F)ccc1O. The van der Waals surface area contributed by atoms with Crippen molar-refractivity contribution in [3.05, 3.63) is 42.2 Å². The van der Waals surface area contributed by atoms with Crippen LogP contribution in [0, 0.1) is 5.82 Å². The fourth-order valence-corrected chi connectivity index (χ4v) is 1.05. The van der Waals surface area contributed by atoms with Crippen LogP contribution in [0.4, 0.5) is 4.39 Å². The van der Waals surface area contributed by atoms with Crippen LogP contribution < -0.4 is 5.73 Å². The number of halogens is 1. The molecule has 1 rings (SSSR count). The monoisotopic (exact) mass is 181 g/mol. The molecule has 3 N–H and O–H groups in total. The Kier molecular flexibility index (Phi) is 2.38. The Balaban J connectivity index is 3.28. The highest BCUT2D eigenvalue weighted by atomic mass is 19.1. The summed E-state index contributed by atoms with van der Waals surface area (Å²) in [7, 11) is 0. The normalized spacial score (nSPS) is 15.0. The average molecular weight is 181 g/mol. The van der Waals surface area contributed by atoms with Crippen molar-refractivity contribution in [2.45, 2.75) is 12.5 Å². The van der Waals surface area contributed by atoms with Crippen molar-refractivity contribution in [1.82, 2.24) is 0 Å². The van der Waals surface area contributed by atoms with Gasteiger partial charge in [0.05, 0.1) is 5.54 Å². The lowest BCUT2D eigenvalue weighted by Crippen LogP contribution is -2.30. The van der Waals surface area contributed by atoms with Gasteiger partial charge in [0, 0.05) is 5.56 Å². The summed E-state index contributed by atoms with van der Waals surface area (Å²) in [6, 6.07) is 3.66. The van der Waals surface area contributed by atoms with Crippen LogP contribution in [0.25, 0.3) is 0 Å². The van der Waals surface area contributed by atoms with Gasteiger partial charge in [0.1, 0.15) is 11.6 Å². The fourth-order valence-electron chi connectivity index (χ4n) is 1.05. The number of aromatic hydroxyl groups is 1. The first-order valence-corrected chi connectivity index (χ1v) is 3.89. The van der Waals surface area contributed by atoms with Crippen molar-refractivity contribution < 1.29 is 9.50 Å². The third-order valence-corrected chi connectivity index (χ3v) is 1.96. The predicted molar refractivity (Wildman–Crippen MR) is 49.8 cm³/mol. The van der Waals surface area contributed by atoms with Gasteiger partial charge in [0.15, 0.2) is 0 Å². The summed E-state index contributed by atoms with van der Waals surface area (Å²) in [5, 5.41) is 9.41. The zero-order valence-corrected chi connectivity index (χ0v) is 7.42. The van der Waals surface area contributed by atoms with Gasteiger partial charge < -0.3 is 10.8 Å². The standard InChI is InChI=1S/C10H12FNO/c1-3-10(2,12)8-6-7(11)4-5-9(8)13/h3-6,13H,1,12H2,2H3/t10-/m1/s1. The second-order valence-corrected chi connectivity index (χ2v) is 3.15. The maximum absolute atomic E-state index is 12.8. The van der Waals surface area contributed by atoms with Crippen LogP contribution in [0.2, 0.25) is 0 Å². The number of benzene rings is 1. The summed E-state index contributed by atoms with van der Waals surface area (Å²) < 4.78 is 12.8. The molecule has 0 aliphatic heterocycles. The minimum absolute atomic E-state index is 0.0219. The molecule has 0 aliphatic carbocycles. The van der Waals surface area contributed by atoms with Crippen molar-refractivity contribution in [3.8, 4) is 5.75 Å². The van der Waals surface area contributed by atoms with Crippen molar-refractivity contribution in [1.29, 1.82) is 0 Å². The lowest BCUT2D eigenvalue weighted by atomic mass is 9.92. The molecular formula is C10H12FNO. The third-order valence-electron chi connectivity index (χ3n) is 1.96. The van der Waals surface area contributed by atoms with Crippen molar-refractivity contribution in [3.63, 3.8) is 0 Å². The molecule has 3 heteroatoms. The molecule has 0 radical (unpaired) electrons. The number of phenols is 1. The molecule has 0 saturated carbocycles. The first kappa shape index (κ1) is 9.74. The van der Waals surface area contributed by atoms with Crippen molar-refractivity contribution in [2.75, 3.05) is 0 Å². The van der Waals surface area contributed by atoms with Crippen LogP contribution in [0.3, 0.4) is 0 Å². The number of hydrogen-bond donors (Lipinski definition) is 2. The Morgan fingerprint density at radius 3 is 2.77 bits per heavy atom. The van der Waals surface area contributed by atoms with Gasteiger partial charge in [0.2, 0.25) is 0 Å². The zero-order valence-electron chi connectivity index (χ0n) is 7.42. The van der Waals surface area contributed by atoms with Crippen LogP contribution in [0.5, 0.6) is 5.75 Å². The summed E-state index contributed by atoms with van der Waals surface area (Å²) in [4.78, 5) is 0. The second kappa shape index (κ2) is 3.18. The molecule has 0 bridgehead atoms. The van der Waals surface area contributed by atoms with E-state index in [0.717, 1.165) is 0 Å². The number of hydrogen-bond acceptors (Lipinski definition) is 2. The van der Waals surface area contributed by atoms with Gasteiger partial charge >= 0.3 is 0 Å². The molecule has 0 spiro atoms. The molecule has 2 nitrogen and oxygen atoms in total. The number of phenolic OH excluding ortho intramolecular Hbond substituents is 1. The zero-order chi connectivity index (χ0) is 10.1. The van der Waals surface area contributed by atoms with Crippen molar-refractivity contribution >= 4 is 0 Å². The molecule has 70 valence electrons. The molecule has 0 fully saturated rings. The predicted octanol–water partition coefficient (Wildman–Crippen LogP) is 1.89. The van der Waals surface area contributed by atoms with Gasteiger partial charge in [-0.3, -0.25) is 0 Å². The van der Waals surface area contributed by atoms with E-state index in [9.17, 15) is 9.50 Å². The van der Waals surface area contributed by atoms with E-state index in [2.05, 4.69) is 6.58 Å². The lowest BCUT2D eigenvalue weighted by Gasteiger charge is -2.21. The maximum atomic E-state index is 12.8. The van der Waals surface area contributed by atoms with E-state index >= 15 is 0 Å². The molecule has 0 saturated heterocycles. The summed E-state index contributed by atoms with van der Waals surface area (Å²) in [5.74, 6) is -0.447. The van der Waals surface area contributed by atoms with Crippen LogP contribution in [0.15, 0.2) is 30.9 Å². The first-order chi connectivity index (χ1) is 5.97. The van der Waals surface area contributed by atoms with Crippen molar-refractivity contribution in [2.24, 2.45) is 5.73 Å². The van der Waals surface area contributed by atoms with E-state index in [1.54, 1.807) is 6.92 Å². The van der Waals surface area contributed by atoms with Gasteiger partial charge in [-0.25, -0.2) is 4.39 Å². The van der Waals surface area contributed by atoms with E-state index in [0.29, 0.717) is 5.56 Å². The summed E-state index contributed by atoms with van der Waals surface area (Å²) in [6.07, 6.45) is 1.46. The Morgan fingerprint density at radius 2 is 2.23 bits per heavy atom. The maximum Gasteiger partial charge on any atom is 0.123 e. The van der Waals surface area contributed by atoms with Gasteiger partial charge in [-0.2, -0.15) is 0 Å². The van der Waals surface area contributed by atoms with E-state index in [-0.39, 0.29) is 5.75 Å². The third kappa shape index (κ3) is 1.87.